The van der Waals surface area contributed by atoms with Crippen LogP contribution in [0.25, 0.3) is 0 Å². The van der Waals surface area contributed by atoms with Gasteiger partial charge in [0.2, 0.25) is 0 Å². The van der Waals surface area contributed by atoms with Crippen molar-refractivity contribution in [3.63, 3.8) is 0 Å². The molecule has 0 aromatic rings. The lowest BCUT2D eigenvalue weighted by Crippen LogP contribution is -1.66. The van der Waals surface area contributed by atoms with Crippen molar-refractivity contribution >= 4 is 0 Å². The van der Waals surface area contributed by atoms with Crippen molar-refractivity contribution in [2.75, 3.05) is 0 Å². The summed E-state index contributed by atoms with van der Waals surface area (Å²) in [6, 6.07) is 0. The van der Waals surface area contributed by atoms with E-state index in [0.29, 0.717) is 0 Å². The van der Waals surface area contributed by atoms with Gasteiger partial charge in [0, 0.05) is 0 Å². The van der Waals surface area contributed by atoms with Crippen LogP contribution < -0.4 is 0 Å². The van der Waals surface area contributed by atoms with Crippen molar-refractivity contribution in [1.29, 1.82) is 0 Å². The number of rotatable bonds is 2. The van der Waals surface area contributed by atoms with E-state index < -0.39 is 0 Å². The Morgan fingerprint density at radius 2 is 2.62 bits per heavy atom. The van der Waals surface area contributed by atoms with Crippen LogP contribution >= 0.6 is 0 Å². The van der Waals surface area contributed by atoms with Crippen LogP contribution in [0.1, 0.15) is 12.8 Å². The molecule has 0 heteroatoms. The van der Waals surface area contributed by atoms with Crippen LogP contribution in [0.15, 0.2) is 36.5 Å². The molecule has 42 valence electrons. The molecule has 0 atom stereocenters. The lowest BCUT2D eigenvalue weighted by atomic mass is 10.2. The minimum atomic E-state index is 1.02. The van der Waals surface area contributed by atoms with E-state index in [1.807, 2.05) is 6.08 Å². The highest BCUT2D eigenvalue weighted by atomic mass is 14.0. The Hall–Kier alpha value is -0.780. The van der Waals surface area contributed by atoms with Crippen LogP contribution in [0, 0.1) is 0 Å². The topological polar surface area (TPSA) is 0 Å². The summed E-state index contributed by atoms with van der Waals surface area (Å²) in [6.45, 7) is 3.65. The first-order valence-corrected chi connectivity index (χ1v) is 2.90. The third kappa shape index (κ3) is 1.09. The fourth-order valence-corrected chi connectivity index (χ4v) is 0.825. The van der Waals surface area contributed by atoms with E-state index in [2.05, 4.69) is 24.8 Å². The van der Waals surface area contributed by atoms with Crippen LogP contribution in [-0.4, -0.2) is 0 Å². The third-order valence-corrected chi connectivity index (χ3v) is 1.23. The molecule has 0 radical (unpaired) electrons. The molecular weight excluding hydrogens is 96.1 g/mol. The molecule has 8 heavy (non-hydrogen) atoms. The Labute approximate surface area is 50.2 Å². The third-order valence-electron chi connectivity index (χ3n) is 1.23. The molecule has 1 aliphatic carbocycles. The predicted molar refractivity (Wildman–Crippen MR) is 36.7 cm³/mol. The van der Waals surface area contributed by atoms with E-state index in [9.17, 15) is 0 Å². The van der Waals surface area contributed by atoms with Gasteiger partial charge in [-0.1, -0.05) is 24.3 Å². The molecule has 0 amide bonds. The summed E-state index contributed by atoms with van der Waals surface area (Å²) in [5.74, 6) is 0. The molecule has 0 N–H and O–H groups in total. The average molecular weight is 106 g/mol. The van der Waals surface area contributed by atoms with E-state index in [-0.39, 0.29) is 0 Å². The second kappa shape index (κ2) is 2.51. The van der Waals surface area contributed by atoms with Crippen LogP contribution in [0.3, 0.4) is 0 Å². The molecule has 0 saturated heterocycles. The van der Waals surface area contributed by atoms with Gasteiger partial charge in [-0.25, -0.2) is 0 Å². The van der Waals surface area contributed by atoms with E-state index >= 15 is 0 Å². The lowest BCUT2D eigenvalue weighted by Gasteiger charge is -1.86. The maximum atomic E-state index is 3.65. The van der Waals surface area contributed by atoms with Gasteiger partial charge in [0.05, 0.1) is 0 Å². The SMILES string of the molecule is C=CCC1=CCC=C1. The summed E-state index contributed by atoms with van der Waals surface area (Å²) in [5.41, 5.74) is 1.40. The van der Waals surface area contributed by atoms with Crippen molar-refractivity contribution < 1.29 is 0 Å². The standard InChI is InChI=1S/C8H10/c1-2-5-8-6-3-4-7-8/h2-3,6-7H,1,4-5H2. The second-order valence-electron chi connectivity index (χ2n) is 1.91. The molecule has 0 spiro atoms. The van der Waals surface area contributed by atoms with Crippen LogP contribution in [0.5, 0.6) is 0 Å². The summed E-state index contributed by atoms with van der Waals surface area (Å²) < 4.78 is 0. The molecule has 1 rings (SSSR count). The molecule has 0 bridgehead atoms. The van der Waals surface area contributed by atoms with Gasteiger partial charge in [-0.2, -0.15) is 0 Å². The highest BCUT2D eigenvalue weighted by Gasteiger charge is 1.91. The summed E-state index contributed by atoms with van der Waals surface area (Å²) in [4.78, 5) is 0. The van der Waals surface area contributed by atoms with E-state index in [1.54, 1.807) is 0 Å². The minimum absolute atomic E-state index is 1.02. The lowest BCUT2D eigenvalue weighted by molar-refractivity contribution is 1.29. The van der Waals surface area contributed by atoms with E-state index in [4.69, 9.17) is 0 Å². The predicted octanol–water partition coefficient (Wildman–Crippen LogP) is 2.45. The number of allylic oxidation sites excluding steroid dienone is 5. The van der Waals surface area contributed by atoms with E-state index in [0.717, 1.165) is 12.8 Å². The number of hydrogen-bond donors (Lipinski definition) is 0. The van der Waals surface area contributed by atoms with Crippen LogP contribution in [-0.2, 0) is 0 Å². The van der Waals surface area contributed by atoms with Gasteiger partial charge in [0.15, 0.2) is 0 Å². The Bertz CT molecular complexity index is 138. The highest BCUT2D eigenvalue weighted by molar-refractivity contribution is 5.27. The Morgan fingerprint density at radius 3 is 3.12 bits per heavy atom. The van der Waals surface area contributed by atoms with Crippen molar-refractivity contribution in [3.8, 4) is 0 Å². The highest BCUT2D eigenvalue weighted by Crippen LogP contribution is 2.11. The van der Waals surface area contributed by atoms with Gasteiger partial charge in [-0.3, -0.25) is 0 Å². The van der Waals surface area contributed by atoms with Crippen molar-refractivity contribution in [1.82, 2.24) is 0 Å². The first-order valence-electron chi connectivity index (χ1n) is 2.90. The van der Waals surface area contributed by atoms with Gasteiger partial charge in [-0.15, -0.1) is 6.58 Å². The van der Waals surface area contributed by atoms with Crippen molar-refractivity contribution in [2.45, 2.75) is 12.8 Å². The fourth-order valence-electron chi connectivity index (χ4n) is 0.825. The molecular formula is C8H10. The quantitative estimate of drug-likeness (QED) is 0.474. The Morgan fingerprint density at radius 1 is 1.75 bits per heavy atom. The average Bonchev–Trinajstić information content (AvgIpc) is 2.19. The minimum Gasteiger partial charge on any atom is -0.103 e. The molecule has 1 aliphatic rings. The fraction of sp³-hybridized carbons (Fsp3) is 0.250. The maximum Gasteiger partial charge on any atom is -0.0103 e. The summed E-state index contributed by atoms with van der Waals surface area (Å²) >= 11 is 0. The zero-order valence-corrected chi connectivity index (χ0v) is 4.93. The summed E-state index contributed by atoms with van der Waals surface area (Å²) in [7, 11) is 0. The Kier molecular flexibility index (Phi) is 1.68. The molecule has 0 saturated carbocycles. The molecule has 0 aromatic carbocycles. The van der Waals surface area contributed by atoms with E-state index in [1.165, 1.54) is 5.57 Å². The Balaban J connectivity index is 2.45. The first kappa shape index (κ1) is 5.36. The van der Waals surface area contributed by atoms with Gasteiger partial charge < -0.3 is 0 Å². The monoisotopic (exact) mass is 106 g/mol. The first-order chi connectivity index (χ1) is 3.93. The maximum absolute atomic E-state index is 3.65. The second-order valence-corrected chi connectivity index (χ2v) is 1.91. The van der Waals surface area contributed by atoms with Crippen LogP contribution in [0.2, 0.25) is 0 Å². The van der Waals surface area contributed by atoms with Gasteiger partial charge in [0.25, 0.3) is 0 Å². The molecule has 0 nitrogen and oxygen atoms in total. The van der Waals surface area contributed by atoms with Gasteiger partial charge >= 0.3 is 0 Å². The zero-order valence-electron chi connectivity index (χ0n) is 4.93. The van der Waals surface area contributed by atoms with Gasteiger partial charge in [0.1, 0.15) is 0 Å². The molecule has 0 aromatic heterocycles. The normalized spacial score (nSPS) is 16.2. The zero-order chi connectivity index (χ0) is 5.82. The molecule has 0 unspecified atom stereocenters. The van der Waals surface area contributed by atoms with Gasteiger partial charge in [-0.05, 0) is 18.4 Å². The number of hydrogen-bond acceptors (Lipinski definition) is 0. The molecule has 0 heterocycles. The molecule has 0 aliphatic heterocycles. The van der Waals surface area contributed by atoms with Crippen molar-refractivity contribution in [3.05, 3.63) is 36.5 Å². The van der Waals surface area contributed by atoms with Crippen LogP contribution in [0.4, 0.5) is 0 Å². The van der Waals surface area contributed by atoms with Crippen molar-refractivity contribution in [2.24, 2.45) is 0 Å². The molecule has 0 fully saturated rings. The summed E-state index contributed by atoms with van der Waals surface area (Å²) in [6.07, 6.45) is 10.6. The smallest absolute Gasteiger partial charge is 0.0103 e. The largest absolute Gasteiger partial charge is 0.103 e. The summed E-state index contributed by atoms with van der Waals surface area (Å²) in [5, 5.41) is 0.